The molecule has 0 N–H and O–H groups in total. The van der Waals surface area contributed by atoms with E-state index in [1.54, 1.807) is 0 Å². The van der Waals surface area contributed by atoms with Crippen molar-refractivity contribution in [3.63, 3.8) is 0 Å². The third kappa shape index (κ3) is 4.78. The SMILES string of the molecule is c1cc(-c2cccc3ccccc23)cc(-n2c3cccc4c3c3c5c(ccc32)ccc2c5c3c-4cccc3n2-c2cccc3c(-c4ccc5sc6cc7ccccc7cc6c5c4)cccc23)c1. The van der Waals surface area contributed by atoms with Gasteiger partial charge in [0.15, 0.2) is 0 Å². The lowest BCUT2D eigenvalue weighted by atomic mass is 9.95. The third-order valence-corrected chi connectivity index (χ3v) is 16.1. The van der Waals surface area contributed by atoms with Gasteiger partial charge in [-0.15, -0.1) is 11.3 Å². The van der Waals surface area contributed by atoms with Crippen molar-refractivity contribution in [3.05, 3.63) is 218 Å². The highest BCUT2D eigenvalue weighted by atomic mass is 32.1. The molecule has 0 radical (unpaired) electrons. The molecule has 308 valence electrons. The highest BCUT2D eigenvalue weighted by Crippen LogP contribution is 2.52. The number of aromatic nitrogens is 2. The van der Waals surface area contributed by atoms with Crippen LogP contribution in [0.2, 0.25) is 0 Å². The smallest absolute Gasteiger partial charge is 0.0548 e. The molecular formula is C64H36N2S. The van der Waals surface area contributed by atoms with E-state index in [2.05, 4.69) is 228 Å². The summed E-state index contributed by atoms with van der Waals surface area (Å²) in [4.78, 5) is 0. The second kappa shape index (κ2) is 13.1. The summed E-state index contributed by atoms with van der Waals surface area (Å²) in [5, 5.41) is 18.1. The first-order chi connectivity index (χ1) is 33.2. The predicted octanol–water partition coefficient (Wildman–Crippen LogP) is 18.2. The van der Waals surface area contributed by atoms with E-state index in [-0.39, 0.29) is 0 Å². The summed E-state index contributed by atoms with van der Waals surface area (Å²) in [6.07, 6.45) is 0. The summed E-state index contributed by atoms with van der Waals surface area (Å²) in [6.45, 7) is 0. The van der Waals surface area contributed by atoms with Gasteiger partial charge in [-0.1, -0.05) is 152 Å². The molecule has 0 saturated carbocycles. The highest BCUT2D eigenvalue weighted by Gasteiger charge is 2.27. The molecule has 0 saturated heterocycles. The quantitative estimate of drug-likeness (QED) is 0.167. The number of rotatable bonds is 4. The maximum absolute atomic E-state index is 2.55. The summed E-state index contributed by atoms with van der Waals surface area (Å²) >= 11 is 1.89. The molecule has 67 heavy (non-hydrogen) atoms. The lowest BCUT2D eigenvalue weighted by Gasteiger charge is -2.15. The summed E-state index contributed by atoms with van der Waals surface area (Å²) < 4.78 is 7.71. The highest BCUT2D eigenvalue weighted by molar-refractivity contribution is 7.25. The van der Waals surface area contributed by atoms with Crippen LogP contribution in [0, 0.1) is 0 Å². The number of thiophene rings is 1. The van der Waals surface area contributed by atoms with Gasteiger partial charge < -0.3 is 9.13 Å². The molecule has 0 aliphatic heterocycles. The summed E-state index contributed by atoms with van der Waals surface area (Å²) in [5.41, 5.74) is 14.8. The van der Waals surface area contributed by atoms with Gasteiger partial charge in [0, 0.05) is 58.2 Å². The zero-order chi connectivity index (χ0) is 43.5. The van der Waals surface area contributed by atoms with Crippen LogP contribution in [0.3, 0.4) is 0 Å². The van der Waals surface area contributed by atoms with Crippen LogP contribution in [0.4, 0.5) is 0 Å². The molecule has 1 aliphatic carbocycles. The fourth-order valence-electron chi connectivity index (χ4n) is 12.2. The molecule has 1 aliphatic rings. The topological polar surface area (TPSA) is 9.86 Å². The molecule has 3 heteroatoms. The maximum Gasteiger partial charge on any atom is 0.0548 e. The summed E-state index contributed by atoms with van der Waals surface area (Å²) in [7, 11) is 0. The van der Waals surface area contributed by atoms with Gasteiger partial charge in [0.05, 0.1) is 27.8 Å². The fraction of sp³-hybridized carbons (Fsp3) is 0. The van der Waals surface area contributed by atoms with E-state index in [1.807, 2.05) is 11.3 Å². The lowest BCUT2D eigenvalue weighted by molar-refractivity contribution is 1.18. The molecule has 3 aromatic heterocycles. The van der Waals surface area contributed by atoms with Crippen molar-refractivity contribution >= 4 is 118 Å². The van der Waals surface area contributed by atoms with E-state index in [1.165, 1.54) is 146 Å². The second-order valence-corrected chi connectivity index (χ2v) is 19.4. The minimum Gasteiger partial charge on any atom is -0.309 e. The first-order valence-corrected chi connectivity index (χ1v) is 24.0. The maximum atomic E-state index is 2.55. The molecule has 12 aromatic carbocycles. The Bertz CT molecular complexity index is 4690. The Hall–Kier alpha value is -8.50. The molecule has 2 nitrogen and oxygen atoms in total. The average molecular weight is 865 g/mol. The zero-order valence-electron chi connectivity index (χ0n) is 36.1. The van der Waals surface area contributed by atoms with E-state index in [9.17, 15) is 0 Å². The van der Waals surface area contributed by atoms with Gasteiger partial charge in [-0.2, -0.15) is 0 Å². The van der Waals surface area contributed by atoms with Crippen molar-refractivity contribution in [1.82, 2.24) is 9.13 Å². The Morgan fingerprint density at radius 2 is 0.836 bits per heavy atom. The number of fused-ring (bicyclic) bond motifs is 7. The Labute approximate surface area is 388 Å². The normalized spacial score (nSPS) is 12.5. The Balaban J connectivity index is 0.937. The van der Waals surface area contributed by atoms with Gasteiger partial charge in [-0.25, -0.2) is 0 Å². The van der Waals surface area contributed by atoms with Crippen molar-refractivity contribution in [2.75, 3.05) is 0 Å². The number of nitrogens with zero attached hydrogens (tertiary/aromatic N) is 2. The minimum absolute atomic E-state index is 1.16. The van der Waals surface area contributed by atoms with Crippen LogP contribution in [0.5, 0.6) is 0 Å². The molecule has 0 amide bonds. The van der Waals surface area contributed by atoms with E-state index in [4.69, 9.17) is 0 Å². The van der Waals surface area contributed by atoms with Gasteiger partial charge in [-0.05, 0) is 132 Å². The number of hydrogen-bond donors (Lipinski definition) is 0. The second-order valence-electron chi connectivity index (χ2n) is 18.4. The average Bonchev–Trinajstić information content (AvgIpc) is 4.01. The van der Waals surface area contributed by atoms with Crippen molar-refractivity contribution in [1.29, 1.82) is 0 Å². The lowest BCUT2D eigenvalue weighted by Crippen LogP contribution is -1.96. The largest absolute Gasteiger partial charge is 0.309 e. The molecule has 0 spiro atoms. The van der Waals surface area contributed by atoms with Crippen LogP contribution in [-0.4, -0.2) is 9.13 Å². The molecular weight excluding hydrogens is 829 g/mol. The van der Waals surface area contributed by atoms with Gasteiger partial charge in [0.25, 0.3) is 0 Å². The van der Waals surface area contributed by atoms with Crippen molar-refractivity contribution in [2.45, 2.75) is 0 Å². The minimum atomic E-state index is 1.16. The molecule has 0 unspecified atom stereocenters. The summed E-state index contributed by atoms with van der Waals surface area (Å²) in [6, 6.07) is 82.0. The van der Waals surface area contributed by atoms with Gasteiger partial charge in [0.1, 0.15) is 0 Å². The van der Waals surface area contributed by atoms with Crippen LogP contribution in [0.15, 0.2) is 218 Å². The molecule has 0 bridgehead atoms. The van der Waals surface area contributed by atoms with Crippen LogP contribution in [0.1, 0.15) is 0 Å². The monoisotopic (exact) mass is 864 g/mol. The van der Waals surface area contributed by atoms with E-state index in [0.717, 1.165) is 5.69 Å². The van der Waals surface area contributed by atoms with Crippen molar-refractivity contribution < 1.29 is 0 Å². The predicted molar refractivity (Wildman–Crippen MR) is 288 cm³/mol. The van der Waals surface area contributed by atoms with Crippen LogP contribution in [0.25, 0.3) is 152 Å². The zero-order valence-corrected chi connectivity index (χ0v) is 36.9. The molecule has 16 rings (SSSR count). The van der Waals surface area contributed by atoms with Gasteiger partial charge in [-0.3, -0.25) is 0 Å². The molecule has 3 heterocycles. The Morgan fingerprint density at radius 1 is 0.269 bits per heavy atom. The molecule has 0 fully saturated rings. The van der Waals surface area contributed by atoms with E-state index in [0.29, 0.717) is 0 Å². The molecule has 0 atom stereocenters. The Morgan fingerprint density at radius 3 is 1.66 bits per heavy atom. The van der Waals surface area contributed by atoms with Gasteiger partial charge >= 0.3 is 0 Å². The molecule has 15 aromatic rings. The van der Waals surface area contributed by atoms with E-state index >= 15 is 0 Å². The van der Waals surface area contributed by atoms with Crippen molar-refractivity contribution in [3.8, 4) is 44.8 Å². The first kappa shape index (κ1) is 35.8. The van der Waals surface area contributed by atoms with Crippen LogP contribution >= 0.6 is 11.3 Å². The van der Waals surface area contributed by atoms with E-state index < -0.39 is 0 Å². The first-order valence-electron chi connectivity index (χ1n) is 23.2. The fourth-order valence-corrected chi connectivity index (χ4v) is 13.3. The number of hydrogen-bond acceptors (Lipinski definition) is 1. The van der Waals surface area contributed by atoms with Crippen LogP contribution < -0.4 is 0 Å². The van der Waals surface area contributed by atoms with Crippen molar-refractivity contribution in [2.24, 2.45) is 0 Å². The van der Waals surface area contributed by atoms with Gasteiger partial charge in [0.2, 0.25) is 0 Å². The Kier molecular flexibility index (Phi) is 6.99. The standard InChI is InChI=1S/C64H36N2S/c1-2-13-40-36-59-52(34-39(40)12-1)51-35-42(29-32-58(51)67-59)46-19-7-21-48-47(46)20-8-24-53(48)66-55-26-10-23-50-49-22-9-25-54-61(49)63-56(30-27-38-28-31-57(66)64(60(38)63)62(50)55)65(54)43-16-5-15-41(33-43)45-18-6-14-37-11-3-4-17-44(37)45/h1-36H. The van der Waals surface area contributed by atoms with Crippen LogP contribution in [-0.2, 0) is 0 Å². The third-order valence-electron chi connectivity index (χ3n) is 15.0. The number of benzene rings is 12. The summed E-state index contributed by atoms with van der Waals surface area (Å²) in [5.74, 6) is 0.